The summed E-state index contributed by atoms with van der Waals surface area (Å²) >= 11 is 0. The van der Waals surface area contributed by atoms with E-state index < -0.39 is 21.7 Å². The van der Waals surface area contributed by atoms with Crippen molar-refractivity contribution in [2.45, 2.75) is 24.8 Å². The summed E-state index contributed by atoms with van der Waals surface area (Å²) in [6, 6.07) is 19.2. The molecule has 9 heteroatoms. The molecule has 1 N–H and O–H groups in total. The van der Waals surface area contributed by atoms with Gasteiger partial charge in [-0.1, -0.05) is 42.5 Å². The molecule has 0 radical (unpaired) electrons. The number of nitrogens with zero attached hydrogens (tertiary/aromatic N) is 1. The van der Waals surface area contributed by atoms with Gasteiger partial charge in [0.05, 0.1) is 24.5 Å². The Morgan fingerprint density at radius 1 is 1.03 bits per heavy atom. The summed E-state index contributed by atoms with van der Waals surface area (Å²) in [4.78, 5) is 14.6. The number of carbonyl (C=O) groups is 1. The highest BCUT2D eigenvalue weighted by atomic mass is 32.2. The lowest BCUT2D eigenvalue weighted by atomic mass is 9.90. The van der Waals surface area contributed by atoms with Crippen molar-refractivity contribution < 1.29 is 26.7 Å². The Balaban J connectivity index is 1.27. The summed E-state index contributed by atoms with van der Waals surface area (Å²) < 4.78 is 59.0. The molecule has 3 aromatic rings. The molecular formula is C28H28F2N2O4S. The van der Waals surface area contributed by atoms with E-state index in [1.165, 1.54) is 24.3 Å². The molecule has 1 amide bonds. The summed E-state index contributed by atoms with van der Waals surface area (Å²) in [6.45, 7) is 1.90. The zero-order valence-corrected chi connectivity index (χ0v) is 21.2. The summed E-state index contributed by atoms with van der Waals surface area (Å²) in [5.74, 6) is -1.31. The van der Waals surface area contributed by atoms with Crippen LogP contribution in [0, 0.1) is 17.6 Å². The predicted octanol–water partition coefficient (Wildman–Crippen LogP) is 4.63. The van der Waals surface area contributed by atoms with Gasteiger partial charge in [0, 0.05) is 25.1 Å². The number of halogens is 2. The van der Waals surface area contributed by atoms with Gasteiger partial charge in [-0.05, 0) is 53.6 Å². The lowest BCUT2D eigenvalue weighted by molar-refractivity contribution is 0.0375. The zero-order chi connectivity index (χ0) is 26.2. The van der Waals surface area contributed by atoms with Crippen LogP contribution in [0.25, 0.3) is 0 Å². The molecule has 3 aromatic carbocycles. The van der Waals surface area contributed by atoms with E-state index in [2.05, 4.69) is 17.0 Å². The van der Waals surface area contributed by atoms with Crippen LogP contribution in [-0.2, 0) is 10.0 Å². The molecule has 5 rings (SSSR count). The third-order valence-electron chi connectivity index (χ3n) is 6.77. The third kappa shape index (κ3) is 5.99. The summed E-state index contributed by atoms with van der Waals surface area (Å²) in [5.41, 5.74) is 2.55. The lowest BCUT2D eigenvalue weighted by Gasteiger charge is -2.44. The van der Waals surface area contributed by atoms with E-state index >= 15 is 0 Å². The van der Waals surface area contributed by atoms with Crippen molar-refractivity contribution in [1.82, 2.24) is 9.62 Å². The largest absolute Gasteiger partial charge is 0.493 e. The maximum Gasteiger partial charge on any atom is 0.267 e. The molecule has 1 aliphatic carbocycles. The molecule has 194 valence electrons. The van der Waals surface area contributed by atoms with Gasteiger partial charge in [-0.2, -0.15) is 0 Å². The molecule has 1 heterocycles. The molecule has 0 aromatic heterocycles. The van der Waals surface area contributed by atoms with Gasteiger partial charge in [-0.3, -0.25) is 9.69 Å². The number of likely N-dealkylation sites (tertiary alicyclic amines) is 1. The topological polar surface area (TPSA) is 75.7 Å². The average Bonchev–Trinajstić information content (AvgIpc) is 3.66. The second-order valence-electron chi connectivity index (χ2n) is 9.84. The van der Waals surface area contributed by atoms with Crippen LogP contribution in [-0.4, -0.2) is 45.2 Å². The van der Waals surface area contributed by atoms with Crippen molar-refractivity contribution in [3.8, 4) is 5.75 Å². The van der Waals surface area contributed by atoms with Crippen LogP contribution < -0.4 is 9.46 Å². The van der Waals surface area contributed by atoms with Crippen molar-refractivity contribution in [2.24, 2.45) is 5.92 Å². The summed E-state index contributed by atoms with van der Waals surface area (Å²) in [6.07, 6.45) is 2.66. The van der Waals surface area contributed by atoms with Crippen molar-refractivity contribution in [3.05, 3.63) is 101 Å². The van der Waals surface area contributed by atoms with Crippen molar-refractivity contribution in [2.75, 3.05) is 26.0 Å². The first-order valence-corrected chi connectivity index (χ1v) is 14.1. The SMILES string of the molecule is CS(=O)(=O)NC(=O)c1cc(C2CC2)c(OCC2CN([C@@H](c3ccccc3)c3ccc(F)cc3)C2)cc1F. The first-order valence-electron chi connectivity index (χ1n) is 12.2. The number of nitrogens with one attached hydrogen (secondary N) is 1. The van der Waals surface area contributed by atoms with Crippen molar-refractivity contribution in [1.29, 1.82) is 0 Å². The van der Waals surface area contributed by atoms with Crippen LogP contribution in [0.15, 0.2) is 66.7 Å². The van der Waals surface area contributed by atoms with E-state index in [-0.39, 0.29) is 29.3 Å². The Morgan fingerprint density at radius 2 is 1.68 bits per heavy atom. The second kappa shape index (κ2) is 10.2. The Bertz CT molecular complexity index is 1390. The molecule has 2 aliphatic rings. The lowest BCUT2D eigenvalue weighted by Crippen LogP contribution is -2.51. The van der Waals surface area contributed by atoms with Crippen LogP contribution in [0.3, 0.4) is 0 Å². The first kappa shape index (κ1) is 25.4. The number of hydrogen-bond acceptors (Lipinski definition) is 5. The zero-order valence-electron chi connectivity index (χ0n) is 20.4. The second-order valence-corrected chi connectivity index (χ2v) is 11.6. The number of ether oxygens (including phenoxy) is 1. The van der Waals surface area contributed by atoms with E-state index in [9.17, 15) is 22.0 Å². The number of hydrogen-bond donors (Lipinski definition) is 1. The van der Waals surface area contributed by atoms with Gasteiger partial charge in [0.15, 0.2) is 0 Å². The van der Waals surface area contributed by atoms with E-state index in [0.717, 1.165) is 48.9 Å². The molecule has 1 saturated carbocycles. The Hall–Kier alpha value is -3.30. The van der Waals surface area contributed by atoms with Gasteiger partial charge in [0.2, 0.25) is 10.0 Å². The average molecular weight is 527 g/mol. The van der Waals surface area contributed by atoms with Crippen molar-refractivity contribution >= 4 is 15.9 Å². The molecule has 0 unspecified atom stereocenters. The van der Waals surface area contributed by atoms with Crippen LogP contribution >= 0.6 is 0 Å². The minimum absolute atomic E-state index is 0.00911. The van der Waals surface area contributed by atoms with Gasteiger partial charge >= 0.3 is 0 Å². The van der Waals surface area contributed by atoms with Gasteiger partial charge in [0.25, 0.3) is 5.91 Å². The van der Waals surface area contributed by atoms with E-state index in [4.69, 9.17) is 4.74 Å². The molecule has 2 fully saturated rings. The molecular weight excluding hydrogens is 498 g/mol. The normalized spacial score (nSPS) is 17.2. The molecule has 0 bridgehead atoms. The Labute approximate surface area is 215 Å². The fourth-order valence-electron chi connectivity index (χ4n) is 4.84. The van der Waals surface area contributed by atoms with Crippen LogP contribution in [0.2, 0.25) is 0 Å². The number of benzene rings is 3. The first-order chi connectivity index (χ1) is 17.7. The molecule has 1 saturated heterocycles. The smallest absolute Gasteiger partial charge is 0.267 e. The van der Waals surface area contributed by atoms with Gasteiger partial charge < -0.3 is 4.74 Å². The fraction of sp³-hybridized carbons (Fsp3) is 0.321. The molecule has 1 atom stereocenters. The highest BCUT2D eigenvalue weighted by Gasteiger charge is 2.35. The van der Waals surface area contributed by atoms with Crippen molar-refractivity contribution in [3.63, 3.8) is 0 Å². The number of sulfonamides is 1. The molecule has 37 heavy (non-hydrogen) atoms. The summed E-state index contributed by atoms with van der Waals surface area (Å²) in [7, 11) is -3.81. The highest BCUT2D eigenvalue weighted by Crippen LogP contribution is 2.45. The predicted molar refractivity (Wildman–Crippen MR) is 136 cm³/mol. The Morgan fingerprint density at radius 3 is 2.30 bits per heavy atom. The van der Waals surface area contributed by atoms with Gasteiger partial charge in [0.1, 0.15) is 17.4 Å². The Kier molecular flexibility index (Phi) is 7.00. The standard InChI is InChI=1S/C28H28F2N2O4S/c1-37(34,35)31-28(33)24-13-23(19-7-8-19)26(14-25(24)30)36-17-18-15-32(16-18)27(20-5-3-2-4-6-20)21-9-11-22(29)12-10-21/h2-6,9-14,18-19,27H,7-8,15-17H2,1H3,(H,31,33)/t27-/m0/s1. The maximum atomic E-state index is 14.8. The molecule has 1 aliphatic heterocycles. The third-order valence-corrected chi connectivity index (χ3v) is 7.32. The number of amides is 1. The van der Waals surface area contributed by atoms with E-state index in [1.807, 2.05) is 35.1 Å². The van der Waals surface area contributed by atoms with E-state index in [0.29, 0.717) is 12.4 Å². The number of carbonyl (C=O) groups excluding carboxylic acids is 1. The van der Waals surface area contributed by atoms with E-state index in [1.54, 1.807) is 0 Å². The summed E-state index contributed by atoms with van der Waals surface area (Å²) in [5, 5.41) is 0. The minimum Gasteiger partial charge on any atom is -0.493 e. The molecule has 6 nitrogen and oxygen atoms in total. The van der Waals surface area contributed by atoms with Gasteiger partial charge in [-0.25, -0.2) is 21.9 Å². The maximum absolute atomic E-state index is 14.8. The van der Waals surface area contributed by atoms with Gasteiger partial charge in [-0.15, -0.1) is 0 Å². The monoisotopic (exact) mass is 526 g/mol. The quantitative estimate of drug-likeness (QED) is 0.440. The van der Waals surface area contributed by atoms with Crippen LogP contribution in [0.4, 0.5) is 8.78 Å². The highest BCUT2D eigenvalue weighted by molar-refractivity contribution is 7.89. The van der Waals surface area contributed by atoms with Crippen LogP contribution in [0.5, 0.6) is 5.75 Å². The minimum atomic E-state index is -3.81. The molecule has 0 spiro atoms. The van der Waals surface area contributed by atoms with Crippen LogP contribution in [0.1, 0.15) is 51.8 Å². The fourth-order valence-corrected chi connectivity index (χ4v) is 5.28. The number of rotatable bonds is 9.